The minimum absolute atomic E-state index is 0.595. The molecule has 0 unspecified atom stereocenters. The molecule has 1 heterocycles. The summed E-state index contributed by atoms with van der Waals surface area (Å²) in [6.07, 6.45) is 5.14. The minimum Gasteiger partial charge on any atom is -0.320 e. The topological polar surface area (TPSA) is 30.7 Å². The second kappa shape index (κ2) is 1.56. The summed E-state index contributed by atoms with van der Waals surface area (Å²) >= 11 is 0. The summed E-state index contributed by atoms with van der Waals surface area (Å²) in [4.78, 5) is 0. The number of nitrogens with zero attached hydrogens (tertiary/aromatic N) is 3. The maximum Gasteiger partial charge on any atom is 0.135 e. The molecule has 0 aromatic carbocycles. The third kappa shape index (κ3) is 0.724. The van der Waals surface area contributed by atoms with Gasteiger partial charge in [-0.3, -0.25) is 0 Å². The summed E-state index contributed by atoms with van der Waals surface area (Å²) in [5, 5.41) is 7.74. The van der Waals surface area contributed by atoms with E-state index in [0.29, 0.717) is 5.92 Å². The zero-order chi connectivity index (χ0) is 6.27. The van der Waals surface area contributed by atoms with Crippen LogP contribution in [-0.2, 0) is 7.05 Å². The van der Waals surface area contributed by atoms with Gasteiger partial charge in [-0.2, -0.15) is 0 Å². The van der Waals surface area contributed by atoms with Crippen molar-refractivity contribution in [3.05, 3.63) is 18.6 Å². The molecule has 2 rings (SSSR count). The molecular weight excluding hydrogens is 114 g/mol. The van der Waals surface area contributed by atoms with E-state index in [9.17, 15) is 0 Å². The van der Waals surface area contributed by atoms with Crippen molar-refractivity contribution < 1.29 is 0 Å². The normalized spacial score (nSPS) is 18.3. The zero-order valence-corrected chi connectivity index (χ0v) is 5.28. The third-order valence-corrected chi connectivity index (χ3v) is 1.55. The maximum absolute atomic E-state index is 3.96. The van der Waals surface area contributed by atoms with E-state index in [1.165, 1.54) is 6.42 Å². The summed E-state index contributed by atoms with van der Waals surface area (Å²) in [6, 6.07) is 0. The third-order valence-electron chi connectivity index (χ3n) is 1.55. The Balaban J connectivity index is 2.35. The molecule has 9 heavy (non-hydrogen) atoms. The monoisotopic (exact) mass is 122 g/mol. The molecule has 47 valence electrons. The Morgan fingerprint density at radius 1 is 1.78 bits per heavy atom. The number of hydrogen-bond donors (Lipinski definition) is 0. The van der Waals surface area contributed by atoms with Crippen LogP contribution in [0.1, 0.15) is 18.2 Å². The Bertz CT molecular complexity index is 212. The molecule has 3 heteroatoms. The van der Waals surface area contributed by atoms with Crippen LogP contribution < -0.4 is 0 Å². The molecule has 1 aliphatic rings. The fourth-order valence-electron chi connectivity index (χ4n) is 0.907. The first-order valence-electron chi connectivity index (χ1n) is 3.05. The molecule has 0 N–H and O–H groups in total. The number of aryl methyl sites for hydroxylation is 1. The van der Waals surface area contributed by atoms with E-state index in [1.54, 1.807) is 6.33 Å². The van der Waals surface area contributed by atoms with Crippen molar-refractivity contribution >= 4 is 0 Å². The van der Waals surface area contributed by atoms with E-state index >= 15 is 0 Å². The lowest BCUT2D eigenvalue weighted by Gasteiger charge is -1.92. The quantitative estimate of drug-likeness (QED) is 0.543. The van der Waals surface area contributed by atoms with Crippen molar-refractivity contribution in [2.45, 2.75) is 12.3 Å². The molecule has 0 spiro atoms. The Morgan fingerprint density at radius 2 is 2.56 bits per heavy atom. The number of aromatic nitrogens is 3. The van der Waals surface area contributed by atoms with Crippen LogP contribution >= 0.6 is 0 Å². The molecule has 0 bridgehead atoms. The lowest BCUT2D eigenvalue weighted by molar-refractivity contribution is 0.807. The van der Waals surface area contributed by atoms with Crippen molar-refractivity contribution in [3.63, 3.8) is 0 Å². The van der Waals surface area contributed by atoms with Gasteiger partial charge in [-0.25, -0.2) is 0 Å². The van der Waals surface area contributed by atoms with E-state index in [2.05, 4.69) is 16.6 Å². The molecule has 1 fully saturated rings. The van der Waals surface area contributed by atoms with E-state index in [-0.39, 0.29) is 0 Å². The van der Waals surface area contributed by atoms with Gasteiger partial charge in [-0.15, -0.1) is 10.2 Å². The van der Waals surface area contributed by atoms with Crippen molar-refractivity contribution in [2.24, 2.45) is 7.05 Å². The van der Waals surface area contributed by atoms with E-state index in [4.69, 9.17) is 0 Å². The maximum atomic E-state index is 3.96. The predicted molar refractivity (Wildman–Crippen MR) is 32.7 cm³/mol. The van der Waals surface area contributed by atoms with Crippen LogP contribution in [0.5, 0.6) is 0 Å². The Morgan fingerprint density at radius 3 is 3.00 bits per heavy atom. The van der Waals surface area contributed by atoms with Gasteiger partial charge in [0.25, 0.3) is 0 Å². The minimum atomic E-state index is 0.595. The molecule has 1 radical (unpaired) electrons. The van der Waals surface area contributed by atoms with Crippen molar-refractivity contribution in [3.8, 4) is 0 Å². The largest absolute Gasteiger partial charge is 0.320 e. The SMILES string of the molecule is Cn1cnnc1[C@@H]1[CH]C1. The number of hydrogen-bond acceptors (Lipinski definition) is 2. The molecule has 1 atom stereocenters. The molecule has 3 nitrogen and oxygen atoms in total. The van der Waals surface area contributed by atoms with E-state index in [0.717, 1.165) is 5.82 Å². The van der Waals surface area contributed by atoms with Gasteiger partial charge >= 0.3 is 0 Å². The van der Waals surface area contributed by atoms with Crippen LogP contribution in [0.4, 0.5) is 0 Å². The van der Waals surface area contributed by atoms with Crippen molar-refractivity contribution in [2.75, 3.05) is 0 Å². The van der Waals surface area contributed by atoms with Crippen LogP contribution in [0.3, 0.4) is 0 Å². The molecule has 1 aliphatic carbocycles. The second-order valence-corrected chi connectivity index (χ2v) is 2.38. The first-order valence-corrected chi connectivity index (χ1v) is 3.05. The van der Waals surface area contributed by atoms with Gasteiger partial charge in [-0.1, -0.05) is 0 Å². The highest BCUT2D eigenvalue weighted by Crippen LogP contribution is 2.36. The van der Waals surface area contributed by atoms with Crippen LogP contribution in [0.25, 0.3) is 0 Å². The summed E-state index contributed by atoms with van der Waals surface area (Å²) < 4.78 is 1.97. The van der Waals surface area contributed by atoms with Crippen LogP contribution in [0.2, 0.25) is 0 Å². The number of rotatable bonds is 1. The highest BCUT2D eigenvalue weighted by atomic mass is 15.3. The Hall–Kier alpha value is -0.860. The standard InChI is InChI=1S/C6H8N3/c1-9-4-7-8-6(9)5-2-3-5/h2,4-5H,3H2,1H3/t5-/m1/s1. The van der Waals surface area contributed by atoms with Crippen LogP contribution in [0, 0.1) is 6.42 Å². The molecule has 0 saturated heterocycles. The van der Waals surface area contributed by atoms with Gasteiger partial charge in [-0.05, 0) is 12.8 Å². The summed E-state index contributed by atoms with van der Waals surface area (Å²) in [6.45, 7) is 0. The lowest BCUT2D eigenvalue weighted by atomic mass is 10.4. The summed E-state index contributed by atoms with van der Waals surface area (Å²) in [5.74, 6) is 1.69. The summed E-state index contributed by atoms with van der Waals surface area (Å²) in [7, 11) is 1.97. The first-order chi connectivity index (χ1) is 4.38. The molecule has 1 saturated carbocycles. The molecule has 0 aliphatic heterocycles. The van der Waals surface area contributed by atoms with Crippen LogP contribution in [0.15, 0.2) is 6.33 Å². The average molecular weight is 122 g/mol. The van der Waals surface area contributed by atoms with Gasteiger partial charge in [0.2, 0.25) is 0 Å². The highest BCUT2D eigenvalue weighted by molar-refractivity contribution is 5.15. The molecule has 1 aromatic rings. The van der Waals surface area contributed by atoms with Gasteiger partial charge in [0.1, 0.15) is 12.2 Å². The van der Waals surface area contributed by atoms with E-state index in [1.807, 2.05) is 11.6 Å². The predicted octanol–water partition coefficient (Wildman–Crippen LogP) is 0.507. The smallest absolute Gasteiger partial charge is 0.135 e. The average Bonchev–Trinajstić information content (AvgIpc) is 2.58. The summed E-state index contributed by atoms with van der Waals surface area (Å²) in [5.41, 5.74) is 0. The molecule has 0 amide bonds. The fourth-order valence-corrected chi connectivity index (χ4v) is 0.907. The highest BCUT2D eigenvalue weighted by Gasteiger charge is 2.27. The van der Waals surface area contributed by atoms with Crippen LogP contribution in [-0.4, -0.2) is 14.8 Å². The van der Waals surface area contributed by atoms with Crippen molar-refractivity contribution in [1.29, 1.82) is 0 Å². The van der Waals surface area contributed by atoms with Crippen molar-refractivity contribution in [1.82, 2.24) is 14.8 Å². The van der Waals surface area contributed by atoms with Gasteiger partial charge < -0.3 is 4.57 Å². The zero-order valence-electron chi connectivity index (χ0n) is 5.28. The van der Waals surface area contributed by atoms with Gasteiger partial charge in [0.15, 0.2) is 0 Å². The lowest BCUT2D eigenvalue weighted by Crippen LogP contribution is -1.93. The fraction of sp³-hybridized carbons (Fsp3) is 0.500. The Kier molecular flexibility index (Phi) is 0.860. The van der Waals surface area contributed by atoms with Gasteiger partial charge in [0.05, 0.1) is 0 Å². The Labute approximate surface area is 53.7 Å². The first kappa shape index (κ1) is 4.97. The molecule has 1 aromatic heterocycles. The van der Waals surface area contributed by atoms with E-state index < -0.39 is 0 Å². The molecular formula is C6H8N3. The van der Waals surface area contributed by atoms with Gasteiger partial charge in [0, 0.05) is 13.0 Å². The second-order valence-electron chi connectivity index (χ2n) is 2.38.